The Kier molecular flexibility index (Phi) is 4.46. The molecule has 1 atom stereocenters. The normalized spacial score (nSPS) is 13.8. The Hall–Kier alpha value is 0.170. The maximum absolute atomic E-state index is 5.90. The van der Waals surface area contributed by atoms with Gasteiger partial charge in [-0.25, -0.2) is 0 Å². The van der Waals surface area contributed by atoms with Crippen molar-refractivity contribution in [3.63, 3.8) is 0 Å². The molecule has 0 saturated heterocycles. The average Bonchev–Trinajstić information content (AvgIpc) is 2.42. The van der Waals surface area contributed by atoms with E-state index in [1.807, 2.05) is 13.1 Å². The van der Waals surface area contributed by atoms with E-state index in [1.165, 1.54) is 4.88 Å². The minimum absolute atomic E-state index is 0.389. The van der Waals surface area contributed by atoms with E-state index >= 15 is 0 Å². The molecule has 4 heteroatoms. The molecule has 1 nitrogen and oxygen atoms in total. The van der Waals surface area contributed by atoms with Crippen molar-refractivity contribution in [3.8, 4) is 0 Å². The summed E-state index contributed by atoms with van der Waals surface area (Å²) in [5.74, 6) is 0. The summed E-state index contributed by atoms with van der Waals surface area (Å²) in [6, 6.07) is 2.41. The molecule has 1 unspecified atom stereocenters. The van der Waals surface area contributed by atoms with Crippen LogP contribution in [-0.4, -0.2) is 13.1 Å². The van der Waals surface area contributed by atoms with Crippen LogP contribution in [0.3, 0.4) is 0 Å². The topological polar surface area (TPSA) is 12.0 Å². The molecule has 13 heavy (non-hydrogen) atoms. The largest absolute Gasteiger partial charge is 0.314 e. The highest BCUT2D eigenvalue weighted by Gasteiger charge is 2.01. The van der Waals surface area contributed by atoms with Crippen molar-refractivity contribution in [2.75, 3.05) is 7.05 Å². The lowest BCUT2D eigenvalue weighted by Gasteiger charge is -2.00. The summed E-state index contributed by atoms with van der Waals surface area (Å²) in [6.45, 7) is 2.10. The first-order chi connectivity index (χ1) is 6.13. The van der Waals surface area contributed by atoms with Crippen LogP contribution in [0.5, 0.6) is 0 Å². The van der Waals surface area contributed by atoms with Gasteiger partial charge >= 0.3 is 0 Å². The number of thiophene rings is 1. The van der Waals surface area contributed by atoms with Gasteiger partial charge in [0.15, 0.2) is 0 Å². The number of nitrogens with one attached hydrogen (secondary N) is 1. The summed E-state index contributed by atoms with van der Waals surface area (Å²) in [5, 5.41) is 3.13. The van der Waals surface area contributed by atoms with Gasteiger partial charge in [0.25, 0.3) is 0 Å². The standard InChI is InChI=1S/C9H11BrClNS/c1-6(12-2)3-4-7-5-8(10)9(11)13-7/h3-6,12H,1-2H3/b4-3+. The highest BCUT2D eigenvalue weighted by molar-refractivity contribution is 9.10. The second-order valence-electron chi connectivity index (χ2n) is 2.71. The Labute approximate surface area is 95.9 Å². The molecule has 1 heterocycles. The van der Waals surface area contributed by atoms with Crippen LogP contribution >= 0.6 is 38.9 Å². The Bertz CT molecular complexity index is 289. The van der Waals surface area contributed by atoms with E-state index < -0.39 is 0 Å². The van der Waals surface area contributed by atoms with Crippen LogP contribution in [0.4, 0.5) is 0 Å². The lowest BCUT2D eigenvalue weighted by Crippen LogP contribution is -2.17. The van der Waals surface area contributed by atoms with E-state index in [0.29, 0.717) is 6.04 Å². The summed E-state index contributed by atoms with van der Waals surface area (Å²) in [5.41, 5.74) is 0. The third kappa shape index (κ3) is 3.43. The molecule has 0 saturated carbocycles. The fraction of sp³-hybridized carbons (Fsp3) is 0.333. The van der Waals surface area contributed by atoms with Gasteiger partial charge in [-0.3, -0.25) is 0 Å². The van der Waals surface area contributed by atoms with Gasteiger partial charge in [-0.1, -0.05) is 17.7 Å². The number of hydrogen-bond acceptors (Lipinski definition) is 2. The first kappa shape index (κ1) is 11.2. The van der Waals surface area contributed by atoms with E-state index in [0.717, 1.165) is 8.81 Å². The summed E-state index contributed by atoms with van der Waals surface area (Å²) < 4.78 is 1.77. The van der Waals surface area contributed by atoms with Crippen molar-refractivity contribution < 1.29 is 0 Å². The van der Waals surface area contributed by atoms with Crippen molar-refractivity contribution in [1.29, 1.82) is 0 Å². The van der Waals surface area contributed by atoms with Crippen LogP contribution in [-0.2, 0) is 0 Å². The Morgan fingerprint density at radius 3 is 2.85 bits per heavy atom. The second kappa shape index (κ2) is 5.15. The third-order valence-corrected chi connectivity index (χ3v) is 4.11. The van der Waals surface area contributed by atoms with Gasteiger partial charge in [-0.2, -0.15) is 0 Å². The molecule has 0 aliphatic rings. The van der Waals surface area contributed by atoms with Gasteiger partial charge in [0, 0.05) is 15.4 Å². The molecule has 0 aliphatic carbocycles. The van der Waals surface area contributed by atoms with Crippen LogP contribution in [0.15, 0.2) is 16.6 Å². The molecule has 1 N–H and O–H groups in total. The van der Waals surface area contributed by atoms with Gasteiger partial charge in [0.1, 0.15) is 4.34 Å². The predicted octanol–water partition coefficient (Wildman–Crippen LogP) is 3.79. The molecular formula is C9H11BrClNS. The van der Waals surface area contributed by atoms with Crippen molar-refractivity contribution in [2.24, 2.45) is 0 Å². The maximum atomic E-state index is 5.90. The van der Waals surface area contributed by atoms with Crippen molar-refractivity contribution in [3.05, 3.63) is 25.8 Å². The molecule has 1 aromatic heterocycles. The monoisotopic (exact) mass is 279 g/mol. The highest BCUT2D eigenvalue weighted by Crippen LogP contribution is 2.32. The van der Waals surface area contributed by atoms with Crippen LogP contribution in [0.25, 0.3) is 6.08 Å². The third-order valence-electron chi connectivity index (χ3n) is 1.67. The fourth-order valence-corrected chi connectivity index (χ4v) is 2.43. The minimum atomic E-state index is 0.389. The van der Waals surface area contributed by atoms with Crippen molar-refractivity contribution in [2.45, 2.75) is 13.0 Å². The Morgan fingerprint density at radius 1 is 1.69 bits per heavy atom. The zero-order valence-electron chi connectivity index (χ0n) is 7.47. The van der Waals surface area contributed by atoms with E-state index in [2.05, 4.69) is 40.3 Å². The van der Waals surface area contributed by atoms with E-state index in [4.69, 9.17) is 11.6 Å². The zero-order valence-corrected chi connectivity index (χ0v) is 10.6. The van der Waals surface area contributed by atoms with Gasteiger partial charge in [0.2, 0.25) is 0 Å². The molecule has 0 aromatic carbocycles. The minimum Gasteiger partial charge on any atom is -0.314 e. The number of rotatable bonds is 3. The molecule has 1 aromatic rings. The molecule has 0 amide bonds. The Balaban J connectivity index is 2.69. The lowest BCUT2D eigenvalue weighted by molar-refractivity contribution is 0.732. The second-order valence-corrected chi connectivity index (χ2v) is 5.25. The molecule has 0 aliphatic heterocycles. The predicted molar refractivity (Wildman–Crippen MR) is 64.6 cm³/mol. The first-order valence-electron chi connectivity index (χ1n) is 3.93. The van der Waals surface area contributed by atoms with Crippen molar-refractivity contribution in [1.82, 2.24) is 5.32 Å². The summed E-state index contributed by atoms with van der Waals surface area (Å²) in [6.07, 6.45) is 4.18. The number of halogens is 2. The molecule has 0 radical (unpaired) electrons. The van der Waals surface area contributed by atoms with Crippen LogP contribution < -0.4 is 5.32 Å². The first-order valence-corrected chi connectivity index (χ1v) is 5.92. The van der Waals surface area contributed by atoms with Crippen LogP contribution in [0.1, 0.15) is 11.8 Å². The summed E-state index contributed by atoms with van der Waals surface area (Å²) in [4.78, 5) is 1.17. The molecule has 0 spiro atoms. The fourth-order valence-electron chi connectivity index (χ4n) is 0.781. The molecule has 72 valence electrons. The lowest BCUT2D eigenvalue weighted by atomic mass is 10.3. The number of hydrogen-bond donors (Lipinski definition) is 1. The quantitative estimate of drug-likeness (QED) is 0.888. The molecule has 0 fully saturated rings. The summed E-state index contributed by atoms with van der Waals surface area (Å²) >= 11 is 10.8. The van der Waals surface area contributed by atoms with Gasteiger partial charge in [-0.15, -0.1) is 11.3 Å². The molecule has 0 bridgehead atoms. The van der Waals surface area contributed by atoms with Crippen molar-refractivity contribution >= 4 is 44.9 Å². The van der Waals surface area contributed by atoms with E-state index in [9.17, 15) is 0 Å². The van der Waals surface area contributed by atoms with E-state index in [-0.39, 0.29) is 0 Å². The number of likely N-dealkylation sites (N-methyl/N-ethyl adjacent to an activating group) is 1. The highest BCUT2D eigenvalue weighted by atomic mass is 79.9. The molecular weight excluding hydrogens is 270 g/mol. The van der Waals surface area contributed by atoms with Gasteiger partial charge in [0.05, 0.1) is 0 Å². The SMILES string of the molecule is CNC(C)/C=C/c1cc(Br)c(Cl)s1. The summed E-state index contributed by atoms with van der Waals surface area (Å²) in [7, 11) is 1.94. The van der Waals surface area contributed by atoms with Gasteiger partial charge in [-0.05, 0) is 42.0 Å². The maximum Gasteiger partial charge on any atom is 0.108 e. The van der Waals surface area contributed by atoms with Crippen LogP contribution in [0.2, 0.25) is 4.34 Å². The Morgan fingerprint density at radius 2 is 2.38 bits per heavy atom. The smallest absolute Gasteiger partial charge is 0.108 e. The van der Waals surface area contributed by atoms with Gasteiger partial charge < -0.3 is 5.32 Å². The zero-order chi connectivity index (χ0) is 9.84. The van der Waals surface area contributed by atoms with Crippen LogP contribution in [0, 0.1) is 0 Å². The average molecular weight is 281 g/mol. The molecule has 1 rings (SSSR count). The van der Waals surface area contributed by atoms with E-state index in [1.54, 1.807) is 11.3 Å².